The minimum absolute atomic E-state index is 0.116. The van der Waals surface area contributed by atoms with Crippen molar-refractivity contribution < 1.29 is 14.3 Å². The monoisotopic (exact) mass is 787 g/mol. The van der Waals surface area contributed by atoms with Crippen molar-refractivity contribution in [3.05, 3.63) is 95.1 Å². The van der Waals surface area contributed by atoms with Crippen LogP contribution in [-0.2, 0) is 19.5 Å². The summed E-state index contributed by atoms with van der Waals surface area (Å²) in [6.45, 7) is 26.7. The first-order valence-corrected chi connectivity index (χ1v) is 22.9. The fraction of sp³-hybridized carbons (Fsp3) is 0.620. The molecule has 0 radical (unpaired) electrons. The number of nitrogens with one attached hydrogen (secondary N) is 1. The zero-order valence-electron chi connectivity index (χ0n) is 37.5. The van der Waals surface area contributed by atoms with Crippen LogP contribution in [0.4, 0.5) is 0 Å². The van der Waals surface area contributed by atoms with Crippen LogP contribution in [0.25, 0.3) is 0 Å². The minimum Gasteiger partial charge on any atom is -0.494 e. The van der Waals surface area contributed by atoms with Gasteiger partial charge in [0.1, 0.15) is 11.5 Å². The number of carbonyl (C=O) groups excluding carboxylic acids is 1. The molecule has 0 aliphatic rings. The minimum atomic E-state index is 0.116. The molecule has 3 rings (SSSR count). The molecule has 1 N–H and O–H groups in total. The molecule has 0 spiro atoms. The number of nitrogens with zero attached hydrogens (tertiary/aromatic N) is 3. The Kier molecular flexibility index (Phi) is 28.4. The van der Waals surface area contributed by atoms with Gasteiger partial charge in [-0.1, -0.05) is 110 Å². The summed E-state index contributed by atoms with van der Waals surface area (Å²) in [5.74, 6) is 1.94. The Balaban J connectivity index is 0.000000438. The second kappa shape index (κ2) is 32.6. The van der Waals surface area contributed by atoms with E-state index in [1.165, 1.54) is 94.8 Å². The van der Waals surface area contributed by atoms with Gasteiger partial charge >= 0.3 is 0 Å². The van der Waals surface area contributed by atoms with Crippen molar-refractivity contribution >= 4 is 5.91 Å². The highest BCUT2D eigenvalue weighted by Crippen LogP contribution is 2.17. The van der Waals surface area contributed by atoms with E-state index in [-0.39, 0.29) is 5.91 Å². The average Bonchev–Trinajstić information content (AvgIpc) is 3.24. The van der Waals surface area contributed by atoms with E-state index in [1.54, 1.807) is 0 Å². The van der Waals surface area contributed by atoms with Crippen LogP contribution in [-0.4, -0.2) is 86.2 Å². The first-order valence-electron chi connectivity index (χ1n) is 22.9. The molecule has 7 nitrogen and oxygen atoms in total. The van der Waals surface area contributed by atoms with Crippen molar-refractivity contribution in [2.75, 3.05) is 65.6 Å². The first kappa shape index (κ1) is 49.8. The van der Waals surface area contributed by atoms with Gasteiger partial charge in [-0.3, -0.25) is 4.79 Å². The molecule has 57 heavy (non-hydrogen) atoms. The van der Waals surface area contributed by atoms with Gasteiger partial charge in [-0.15, -0.1) is 0 Å². The fourth-order valence-corrected chi connectivity index (χ4v) is 6.71. The predicted molar refractivity (Wildman–Crippen MR) is 244 cm³/mol. The Morgan fingerprint density at radius 1 is 0.491 bits per heavy atom. The molecule has 0 bridgehead atoms. The lowest BCUT2D eigenvalue weighted by molar-refractivity contribution is 0.0720. The van der Waals surface area contributed by atoms with Gasteiger partial charge in [-0.2, -0.15) is 0 Å². The summed E-state index contributed by atoms with van der Waals surface area (Å²) in [6.07, 6.45) is 14.8. The van der Waals surface area contributed by atoms with Gasteiger partial charge in [-0.05, 0) is 132 Å². The van der Waals surface area contributed by atoms with Gasteiger partial charge in [0.25, 0.3) is 5.91 Å². The topological polar surface area (TPSA) is 57.3 Å². The SMILES string of the molecule is CCCCCc1ccc(C(=O)N(CCN(CCCC)CCCC)Cc2ccc(OCC)cc2)cc1.CCCCN(CCCC)CCNCc1ccc(OCC)cc1. The number of hydrogen-bond donors (Lipinski definition) is 1. The molecule has 0 unspecified atom stereocenters. The summed E-state index contributed by atoms with van der Waals surface area (Å²) >= 11 is 0. The highest BCUT2D eigenvalue weighted by molar-refractivity contribution is 5.94. The third-order valence-corrected chi connectivity index (χ3v) is 10.3. The van der Waals surface area contributed by atoms with Gasteiger partial charge in [0.15, 0.2) is 0 Å². The smallest absolute Gasteiger partial charge is 0.254 e. The lowest BCUT2D eigenvalue weighted by atomic mass is 10.0. The number of hydrogen-bond acceptors (Lipinski definition) is 6. The van der Waals surface area contributed by atoms with Crippen molar-refractivity contribution in [2.24, 2.45) is 0 Å². The van der Waals surface area contributed by atoms with E-state index in [0.717, 1.165) is 81.5 Å². The Bertz CT molecular complexity index is 1360. The predicted octanol–water partition coefficient (Wildman–Crippen LogP) is 11.4. The van der Waals surface area contributed by atoms with Crippen molar-refractivity contribution in [3.8, 4) is 11.5 Å². The molecule has 0 fully saturated rings. The molecule has 320 valence electrons. The maximum atomic E-state index is 13.6. The van der Waals surface area contributed by atoms with Gasteiger partial charge in [0.05, 0.1) is 13.2 Å². The summed E-state index contributed by atoms with van der Waals surface area (Å²) < 4.78 is 11.1. The third kappa shape index (κ3) is 22.4. The summed E-state index contributed by atoms with van der Waals surface area (Å²) in [5, 5.41) is 3.55. The molecular formula is C50H82N4O3. The normalized spacial score (nSPS) is 11.1. The summed E-state index contributed by atoms with van der Waals surface area (Å²) in [5.41, 5.74) is 4.55. The molecule has 0 atom stereocenters. The molecule has 3 aromatic carbocycles. The summed E-state index contributed by atoms with van der Waals surface area (Å²) in [4.78, 5) is 20.8. The fourth-order valence-electron chi connectivity index (χ4n) is 6.71. The van der Waals surface area contributed by atoms with E-state index < -0.39 is 0 Å². The number of aryl methyl sites for hydroxylation is 1. The zero-order chi connectivity index (χ0) is 41.4. The molecule has 0 saturated carbocycles. The maximum absolute atomic E-state index is 13.6. The Labute approximate surface area is 349 Å². The number of ether oxygens (including phenoxy) is 2. The van der Waals surface area contributed by atoms with E-state index in [2.05, 4.69) is 98.3 Å². The van der Waals surface area contributed by atoms with Crippen LogP contribution >= 0.6 is 0 Å². The number of rotatable bonds is 31. The maximum Gasteiger partial charge on any atom is 0.254 e. The molecule has 0 heterocycles. The Morgan fingerprint density at radius 2 is 0.947 bits per heavy atom. The lowest BCUT2D eigenvalue weighted by Gasteiger charge is -2.28. The Hall–Kier alpha value is -3.39. The van der Waals surface area contributed by atoms with E-state index in [9.17, 15) is 4.79 Å². The van der Waals surface area contributed by atoms with Gasteiger partial charge < -0.3 is 29.5 Å². The highest BCUT2D eigenvalue weighted by atomic mass is 16.5. The van der Waals surface area contributed by atoms with Gasteiger partial charge in [0, 0.05) is 44.8 Å². The van der Waals surface area contributed by atoms with Gasteiger partial charge in [-0.25, -0.2) is 0 Å². The number of carbonyl (C=O) groups is 1. The lowest BCUT2D eigenvalue weighted by Crippen LogP contribution is -2.39. The number of unbranched alkanes of at least 4 members (excludes halogenated alkanes) is 6. The van der Waals surface area contributed by atoms with Crippen LogP contribution in [0.5, 0.6) is 11.5 Å². The van der Waals surface area contributed by atoms with Gasteiger partial charge in [0.2, 0.25) is 0 Å². The van der Waals surface area contributed by atoms with Crippen LogP contribution in [0.15, 0.2) is 72.8 Å². The Morgan fingerprint density at radius 3 is 1.42 bits per heavy atom. The van der Waals surface area contributed by atoms with Crippen LogP contribution in [0.3, 0.4) is 0 Å². The second-order valence-corrected chi connectivity index (χ2v) is 15.3. The summed E-state index contributed by atoms with van der Waals surface area (Å²) in [7, 11) is 0. The van der Waals surface area contributed by atoms with Crippen LogP contribution in [0.2, 0.25) is 0 Å². The molecule has 3 aromatic rings. The summed E-state index contributed by atoms with van der Waals surface area (Å²) in [6, 6.07) is 24.8. The molecule has 0 saturated heterocycles. The molecule has 7 heteroatoms. The first-order chi connectivity index (χ1) is 27.9. The van der Waals surface area contributed by atoms with Crippen molar-refractivity contribution in [1.82, 2.24) is 20.0 Å². The highest BCUT2D eigenvalue weighted by Gasteiger charge is 2.18. The molecule has 0 aliphatic carbocycles. The second-order valence-electron chi connectivity index (χ2n) is 15.3. The van der Waals surface area contributed by atoms with Crippen LogP contribution < -0.4 is 14.8 Å². The quantitative estimate of drug-likeness (QED) is 0.0656. The van der Waals surface area contributed by atoms with E-state index in [0.29, 0.717) is 13.2 Å². The van der Waals surface area contributed by atoms with E-state index >= 15 is 0 Å². The number of amides is 1. The average molecular weight is 787 g/mol. The van der Waals surface area contributed by atoms with Crippen molar-refractivity contribution in [3.63, 3.8) is 0 Å². The molecular weight excluding hydrogens is 705 g/mol. The number of benzene rings is 3. The van der Waals surface area contributed by atoms with Crippen LogP contribution in [0, 0.1) is 0 Å². The third-order valence-electron chi connectivity index (χ3n) is 10.3. The zero-order valence-corrected chi connectivity index (χ0v) is 37.5. The van der Waals surface area contributed by atoms with Crippen molar-refractivity contribution in [1.29, 1.82) is 0 Å². The van der Waals surface area contributed by atoms with E-state index in [1.807, 2.05) is 43.0 Å². The largest absolute Gasteiger partial charge is 0.494 e. The standard InChI is InChI=1S/C31H48N2O2.C19H34N2O/c1-5-9-12-13-27-14-18-29(19-15-27)31(34)33(25-24-32(22-10-6-2)23-11-7-3)26-28-16-20-30(21-17-28)35-8-4;1-4-7-14-21(15-8-5-2)16-13-20-17-18-9-11-19(12-10-18)22-6-3/h14-21H,5-13,22-26H2,1-4H3;9-12,20H,4-8,13-17H2,1-3H3. The van der Waals surface area contributed by atoms with Crippen LogP contribution in [0.1, 0.15) is 146 Å². The molecule has 0 aromatic heterocycles. The molecule has 0 aliphatic heterocycles. The van der Waals surface area contributed by atoms with Crippen molar-refractivity contribution in [2.45, 2.75) is 139 Å². The molecule has 1 amide bonds. The van der Waals surface area contributed by atoms with E-state index in [4.69, 9.17) is 9.47 Å².